The molecule has 1 aromatic heterocycles. The first kappa shape index (κ1) is 13.3. The number of rotatable bonds is 4. The van der Waals surface area contributed by atoms with Crippen molar-refractivity contribution in [3.05, 3.63) is 18.3 Å². The van der Waals surface area contributed by atoms with Gasteiger partial charge in [0.2, 0.25) is 5.88 Å². The molecule has 0 aromatic carbocycles. The summed E-state index contributed by atoms with van der Waals surface area (Å²) in [5.74, 6) is -0.960. The van der Waals surface area contributed by atoms with Gasteiger partial charge in [0, 0.05) is 6.07 Å². The number of nitrogens with zero attached hydrogens (tertiary/aromatic N) is 1. The van der Waals surface area contributed by atoms with E-state index in [0.29, 0.717) is 24.4 Å². The molecular weight excluding hydrogens is 252 g/mol. The van der Waals surface area contributed by atoms with Crippen LogP contribution >= 0.6 is 0 Å². The monoisotopic (exact) mass is 266 g/mol. The summed E-state index contributed by atoms with van der Waals surface area (Å²) in [7, 11) is 1.50. The molecule has 0 bridgehead atoms. The maximum atomic E-state index is 11.8. The number of carboxylic acid groups (broad SMARTS) is 1. The predicted molar refractivity (Wildman–Crippen MR) is 64.9 cm³/mol. The van der Waals surface area contributed by atoms with Crippen LogP contribution in [0.25, 0.3) is 0 Å². The molecular formula is C12H14N2O5. The van der Waals surface area contributed by atoms with Crippen molar-refractivity contribution in [3.8, 4) is 5.88 Å². The molecule has 1 saturated heterocycles. The van der Waals surface area contributed by atoms with Crippen molar-refractivity contribution in [2.45, 2.75) is 25.0 Å². The topological polar surface area (TPSA) is 97.8 Å². The van der Waals surface area contributed by atoms with Crippen LogP contribution in [0.2, 0.25) is 0 Å². The second-order valence-electron chi connectivity index (χ2n) is 4.11. The molecule has 0 spiro atoms. The van der Waals surface area contributed by atoms with E-state index in [4.69, 9.17) is 14.6 Å². The Morgan fingerprint density at radius 2 is 2.16 bits per heavy atom. The van der Waals surface area contributed by atoms with Crippen LogP contribution in [0.5, 0.6) is 5.88 Å². The Labute approximate surface area is 109 Å². The fourth-order valence-electron chi connectivity index (χ4n) is 1.81. The zero-order valence-electron chi connectivity index (χ0n) is 10.3. The lowest BCUT2D eigenvalue weighted by Gasteiger charge is -2.11. The molecule has 2 rings (SSSR count). The van der Waals surface area contributed by atoms with E-state index in [1.807, 2.05) is 0 Å². The van der Waals surface area contributed by atoms with Crippen LogP contribution in [-0.4, -0.2) is 41.3 Å². The number of carbonyl (C=O) groups excluding carboxylic acids is 1. The number of aliphatic carboxylic acids is 1. The number of aromatic nitrogens is 1. The smallest absolute Gasteiger partial charge is 0.332 e. The molecule has 19 heavy (non-hydrogen) atoms. The van der Waals surface area contributed by atoms with Crippen LogP contribution < -0.4 is 10.1 Å². The minimum absolute atomic E-state index is 0.342. The summed E-state index contributed by atoms with van der Waals surface area (Å²) in [4.78, 5) is 26.5. The first-order chi connectivity index (χ1) is 9.10. The van der Waals surface area contributed by atoms with Gasteiger partial charge in [0.15, 0.2) is 6.10 Å². The highest BCUT2D eigenvalue weighted by atomic mass is 16.5. The van der Waals surface area contributed by atoms with Gasteiger partial charge in [0.25, 0.3) is 5.91 Å². The van der Waals surface area contributed by atoms with Gasteiger partial charge < -0.3 is 19.9 Å². The molecule has 0 unspecified atom stereocenters. The van der Waals surface area contributed by atoms with Gasteiger partial charge in [-0.1, -0.05) is 0 Å². The Balaban J connectivity index is 1.92. The van der Waals surface area contributed by atoms with Gasteiger partial charge in [0.1, 0.15) is 6.10 Å². The van der Waals surface area contributed by atoms with E-state index in [-0.39, 0.29) is 5.91 Å². The average molecular weight is 266 g/mol. The Hall–Kier alpha value is -2.15. The standard InChI is InChI=1S/C12H14N2O5/c1-18-10-5-2-7(6-13-10)14-11(15)8-3-4-9(19-8)12(16)17/h2,5-6,8-9H,3-4H2,1H3,(H,14,15)(H,16,17)/t8-,9+/m0/s1. The highest BCUT2D eigenvalue weighted by Crippen LogP contribution is 2.21. The van der Waals surface area contributed by atoms with Crippen LogP contribution in [-0.2, 0) is 14.3 Å². The lowest BCUT2D eigenvalue weighted by atomic mass is 10.2. The number of nitrogens with one attached hydrogen (secondary N) is 1. The number of amides is 1. The van der Waals surface area contributed by atoms with Crippen LogP contribution in [0.4, 0.5) is 5.69 Å². The van der Waals surface area contributed by atoms with Gasteiger partial charge >= 0.3 is 5.97 Å². The van der Waals surface area contributed by atoms with Crippen molar-refractivity contribution in [3.63, 3.8) is 0 Å². The number of anilines is 1. The first-order valence-electron chi connectivity index (χ1n) is 5.79. The van der Waals surface area contributed by atoms with Gasteiger partial charge in [-0.2, -0.15) is 0 Å². The van der Waals surface area contributed by atoms with Crippen LogP contribution in [0, 0.1) is 0 Å². The predicted octanol–water partition coefficient (Wildman–Crippen LogP) is 0.661. The highest BCUT2D eigenvalue weighted by Gasteiger charge is 2.34. The molecule has 2 atom stereocenters. The Morgan fingerprint density at radius 3 is 2.68 bits per heavy atom. The number of ether oxygens (including phenoxy) is 2. The van der Waals surface area contributed by atoms with E-state index in [1.54, 1.807) is 12.1 Å². The summed E-state index contributed by atoms with van der Waals surface area (Å²) in [6.45, 7) is 0. The van der Waals surface area contributed by atoms with E-state index < -0.39 is 18.2 Å². The van der Waals surface area contributed by atoms with Crippen LogP contribution in [0.3, 0.4) is 0 Å². The van der Waals surface area contributed by atoms with Crippen molar-refractivity contribution in [1.29, 1.82) is 0 Å². The van der Waals surface area contributed by atoms with E-state index in [9.17, 15) is 9.59 Å². The molecule has 0 aliphatic carbocycles. The van der Waals surface area contributed by atoms with Crippen molar-refractivity contribution in [1.82, 2.24) is 4.98 Å². The third-order valence-electron chi connectivity index (χ3n) is 2.80. The molecule has 1 amide bonds. The first-order valence-corrected chi connectivity index (χ1v) is 5.79. The average Bonchev–Trinajstić information content (AvgIpc) is 2.89. The molecule has 7 heteroatoms. The van der Waals surface area contributed by atoms with E-state index in [0.717, 1.165) is 0 Å². The summed E-state index contributed by atoms with van der Waals surface area (Å²) in [6, 6.07) is 3.26. The lowest BCUT2D eigenvalue weighted by Crippen LogP contribution is -2.29. The van der Waals surface area contributed by atoms with Gasteiger partial charge in [0.05, 0.1) is 19.0 Å². The molecule has 102 valence electrons. The normalized spacial score (nSPS) is 21.9. The summed E-state index contributed by atoms with van der Waals surface area (Å²) < 4.78 is 10.0. The van der Waals surface area contributed by atoms with Gasteiger partial charge in [-0.05, 0) is 18.9 Å². The molecule has 1 aliphatic rings. The molecule has 7 nitrogen and oxygen atoms in total. The van der Waals surface area contributed by atoms with Crippen molar-refractivity contribution >= 4 is 17.6 Å². The van der Waals surface area contributed by atoms with E-state index in [2.05, 4.69) is 10.3 Å². The fraction of sp³-hybridized carbons (Fsp3) is 0.417. The molecule has 2 heterocycles. The lowest BCUT2D eigenvalue weighted by molar-refractivity contribution is -0.150. The Bertz CT molecular complexity index is 474. The zero-order chi connectivity index (χ0) is 13.8. The molecule has 0 radical (unpaired) electrons. The molecule has 1 aromatic rings. The largest absolute Gasteiger partial charge is 0.481 e. The molecule has 1 fully saturated rings. The SMILES string of the molecule is COc1ccc(NC(=O)[C@@H]2CC[C@H](C(=O)O)O2)cn1. The highest BCUT2D eigenvalue weighted by molar-refractivity contribution is 5.94. The van der Waals surface area contributed by atoms with Gasteiger partial charge in [-0.15, -0.1) is 0 Å². The van der Waals surface area contributed by atoms with Gasteiger partial charge in [-0.25, -0.2) is 9.78 Å². The van der Waals surface area contributed by atoms with Crippen LogP contribution in [0.15, 0.2) is 18.3 Å². The maximum absolute atomic E-state index is 11.8. The summed E-state index contributed by atoms with van der Waals surface area (Å²) in [5, 5.41) is 11.4. The quantitative estimate of drug-likeness (QED) is 0.830. The second kappa shape index (κ2) is 5.66. The zero-order valence-corrected chi connectivity index (χ0v) is 10.3. The number of pyridine rings is 1. The van der Waals surface area contributed by atoms with Crippen molar-refractivity contribution in [2.24, 2.45) is 0 Å². The summed E-state index contributed by atoms with van der Waals surface area (Å²) in [6.07, 6.45) is 0.564. The van der Waals surface area contributed by atoms with Crippen LogP contribution in [0.1, 0.15) is 12.8 Å². The summed E-state index contributed by atoms with van der Waals surface area (Å²) in [5.41, 5.74) is 0.508. The third-order valence-corrected chi connectivity index (χ3v) is 2.80. The number of hydrogen-bond donors (Lipinski definition) is 2. The molecule has 1 aliphatic heterocycles. The number of hydrogen-bond acceptors (Lipinski definition) is 5. The molecule has 0 saturated carbocycles. The number of carboxylic acids is 1. The maximum Gasteiger partial charge on any atom is 0.332 e. The van der Waals surface area contributed by atoms with Crippen molar-refractivity contribution in [2.75, 3.05) is 12.4 Å². The minimum Gasteiger partial charge on any atom is -0.481 e. The van der Waals surface area contributed by atoms with Gasteiger partial charge in [-0.3, -0.25) is 4.79 Å². The van der Waals surface area contributed by atoms with Crippen molar-refractivity contribution < 1.29 is 24.2 Å². The minimum atomic E-state index is -1.04. The number of methoxy groups -OCH3 is 1. The second-order valence-corrected chi connectivity index (χ2v) is 4.11. The van der Waals surface area contributed by atoms with E-state index >= 15 is 0 Å². The van der Waals surface area contributed by atoms with E-state index in [1.165, 1.54) is 13.3 Å². The third kappa shape index (κ3) is 3.19. The summed E-state index contributed by atoms with van der Waals surface area (Å²) >= 11 is 0. The Kier molecular flexibility index (Phi) is 3.96. The number of carbonyl (C=O) groups is 2. The Morgan fingerprint density at radius 1 is 1.42 bits per heavy atom. The fourth-order valence-corrected chi connectivity index (χ4v) is 1.81. The molecule has 2 N–H and O–H groups in total.